The van der Waals surface area contributed by atoms with Crippen LogP contribution in [-0.2, 0) is 7.05 Å². The highest BCUT2D eigenvalue weighted by Crippen LogP contribution is 2.02. The summed E-state index contributed by atoms with van der Waals surface area (Å²) >= 11 is 0. The summed E-state index contributed by atoms with van der Waals surface area (Å²) in [6.45, 7) is 1.97. The maximum atomic E-state index is 4.10. The van der Waals surface area contributed by atoms with Gasteiger partial charge in [-0.25, -0.2) is 4.98 Å². The molecule has 4 heteroatoms. The van der Waals surface area contributed by atoms with Crippen molar-refractivity contribution in [3.8, 4) is 0 Å². The van der Waals surface area contributed by atoms with E-state index in [-0.39, 0.29) is 0 Å². The molecule has 0 unspecified atom stereocenters. The molecule has 0 spiro atoms. The van der Waals surface area contributed by atoms with Gasteiger partial charge >= 0.3 is 0 Å². The Morgan fingerprint density at radius 3 is 2.19 bits per heavy atom. The molecule has 0 bridgehead atoms. The van der Waals surface area contributed by atoms with Crippen LogP contribution in [0.15, 0.2) is 36.7 Å². The number of anilines is 1. The van der Waals surface area contributed by atoms with E-state index in [1.807, 2.05) is 63.4 Å². The van der Waals surface area contributed by atoms with Gasteiger partial charge in [-0.05, 0) is 25.1 Å². The monoisotopic (exact) mass is 218 g/mol. The number of hydrogen-bond donors (Lipinski definition) is 0. The minimum atomic E-state index is 0.998. The second-order valence-corrected chi connectivity index (χ2v) is 3.71. The smallest absolute Gasteiger partial charge is 0.127 e. The first-order valence-corrected chi connectivity index (χ1v) is 5.14. The van der Waals surface area contributed by atoms with Crippen LogP contribution in [0.25, 0.3) is 0 Å². The molecule has 0 fully saturated rings. The third-order valence-corrected chi connectivity index (χ3v) is 1.95. The molecule has 0 aliphatic rings. The van der Waals surface area contributed by atoms with E-state index in [9.17, 15) is 0 Å². The molecule has 0 atom stereocenters. The van der Waals surface area contributed by atoms with Crippen LogP contribution in [-0.4, -0.2) is 28.9 Å². The molecule has 0 amide bonds. The number of pyridine rings is 1. The summed E-state index contributed by atoms with van der Waals surface area (Å²) in [6, 6.07) is 7.83. The van der Waals surface area contributed by atoms with Gasteiger partial charge in [-0.2, -0.15) is 5.10 Å². The average molecular weight is 218 g/mol. The summed E-state index contributed by atoms with van der Waals surface area (Å²) in [7, 11) is 5.86. The van der Waals surface area contributed by atoms with Gasteiger partial charge in [-0.1, -0.05) is 6.07 Å². The van der Waals surface area contributed by atoms with E-state index in [0.717, 1.165) is 11.5 Å². The van der Waals surface area contributed by atoms with E-state index in [1.165, 1.54) is 0 Å². The predicted molar refractivity (Wildman–Crippen MR) is 66.5 cm³/mol. The Bertz CT molecular complexity index is 389. The number of aryl methyl sites for hydroxylation is 2. The van der Waals surface area contributed by atoms with Crippen molar-refractivity contribution in [1.82, 2.24) is 14.8 Å². The Labute approximate surface area is 96.5 Å². The SMILES string of the molecule is CN(C)c1ccccn1.Cc1ccn(C)n1. The van der Waals surface area contributed by atoms with Gasteiger partial charge in [0.15, 0.2) is 0 Å². The zero-order chi connectivity index (χ0) is 12.0. The highest BCUT2D eigenvalue weighted by atomic mass is 15.2. The van der Waals surface area contributed by atoms with Crippen molar-refractivity contribution in [2.75, 3.05) is 19.0 Å². The molecule has 0 N–H and O–H groups in total. The van der Waals surface area contributed by atoms with Gasteiger partial charge in [-0.15, -0.1) is 0 Å². The van der Waals surface area contributed by atoms with Gasteiger partial charge in [-0.3, -0.25) is 4.68 Å². The molecule has 2 aromatic rings. The van der Waals surface area contributed by atoms with Gasteiger partial charge in [0, 0.05) is 33.5 Å². The van der Waals surface area contributed by atoms with Gasteiger partial charge in [0.05, 0.1) is 5.69 Å². The second-order valence-electron chi connectivity index (χ2n) is 3.71. The maximum Gasteiger partial charge on any atom is 0.127 e. The summed E-state index contributed by atoms with van der Waals surface area (Å²) in [5, 5.41) is 4.03. The molecule has 0 saturated carbocycles. The van der Waals surface area contributed by atoms with Gasteiger partial charge < -0.3 is 4.90 Å². The lowest BCUT2D eigenvalue weighted by Crippen LogP contribution is -2.09. The number of hydrogen-bond acceptors (Lipinski definition) is 3. The Kier molecular flexibility index (Phi) is 4.51. The Hall–Kier alpha value is -1.84. The van der Waals surface area contributed by atoms with Crippen molar-refractivity contribution in [2.24, 2.45) is 7.05 Å². The minimum Gasteiger partial charge on any atom is -0.363 e. The normalized spacial score (nSPS) is 9.25. The lowest BCUT2D eigenvalue weighted by atomic mass is 10.4. The van der Waals surface area contributed by atoms with Crippen molar-refractivity contribution < 1.29 is 0 Å². The minimum absolute atomic E-state index is 0.998. The fraction of sp³-hybridized carbons (Fsp3) is 0.333. The number of aromatic nitrogens is 3. The average Bonchev–Trinajstić information content (AvgIpc) is 2.65. The first kappa shape index (κ1) is 12.2. The largest absolute Gasteiger partial charge is 0.363 e. The highest BCUT2D eigenvalue weighted by molar-refractivity contribution is 5.34. The van der Waals surface area contributed by atoms with E-state index in [1.54, 1.807) is 10.9 Å². The number of nitrogens with zero attached hydrogens (tertiary/aromatic N) is 4. The third kappa shape index (κ3) is 4.13. The summed E-state index contributed by atoms with van der Waals surface area (Å²) in [5.41, 5.74) is 1.07. The van der Waals surface area contributed by atoms with Crippen LogP contribution in [0.3, 0.4) is 0 Å². The molecule has 2 heterocycles. The van der Waals surface area contributed by atoms with E-state index < -0.39 is 0 Å². The third-order valence-electron chi connectivity index (χ3n) is 1.95. The van der Waals surface area contributed by atoms with Crippen molar-refractivity contribution in [3.05, 3.63) is 42.4 Å². The molecule has 0 aromatic carbocycles. The van der Waals surface area contributed by atoms with Crippen LogP contribution in [0.4, 0.5) is 5.82 Å². The molecule has 0 radical (unpaired) electrons. The Balaban J connectivity index is 0.000000165. The first-order valence-electron chi connectivity index (χ1n) is 5.14. The fourth-order valence-electron chi connectivity index (χ4n) is 1.15. The van der Waals surface area contributed by atoms with E-state index in [2.05, 4.69) is 10.1 Å². The molecule has 0 saturated heterocycles. The molecular formula is C12H18N4. The van der Waals surface area contributed by atoms with Crippen LogP contribution >= 0.6 is 0 Å². The lowest BCUT2D eigenvalue weighted by molar-refractivity contribution is 0.756. The van der Waals surface area contributed by atoms with Crippen molar-refractivity contribution in [3.63, 3.8) is 0 Å². The van der Waals surface area contributed by atoms with Gasteiger partial charge in [0.2, 0.25) is 0 Å². The van der Waals surface area contributed by atoms with Gasteiger partial charge in [0.25, 0.3) is 0 Å². The van der Waals surface area contributed by atoms with E-state index in [4.69, 9.17) is 0 Å². The molecular weight excluding hydrogens is 200 g/mol. The van der Waals surface area contributed by atoms with E-state index in [0.29, 0.717) is 0 Å². The highest BCUT2D eigenvalue weighted by Gasteiger charge is 1.89. The van der Waals surface area contributed by atoms with Crippen molar-refractivity contribution >= 4 is 5.82 Å². The van der Waals surface area contributed by atoms with Crippen molar-refractivity contribution in [2.45, 2.75) is 6.92 Å². The lowest BCUT2D eigenvalue weighted by Gasteiger charge is -2.08. The van der Waals surface area contributed by atoms with Crippen LogP contribution in [0.1, 0.15) is 5.69 Å². The predicted octanol–water partition coefficient (Wildman–Crippen LogP) is 1.88. The zero-order valence-corrected chi connectivity index (χ0v) is 10.3. The quantitative estimate of drug-likeness (QED) is 0.733. The summed E-state index contributed by atoms with van der Waals surface area (Å²) in [5.74, 6) is 0.998. The first-order chi connectivity index (χ1) is 7.59. The molecule has 0 aliphatic heterocycles. The summed E-state index contributed by atoms with van der Waals surface area (Å²) in [4.78, 5) is 6.08. The second kappa shape index (κ2) is 5.90. The Morgan fingerprint density at radius 1 is 1.19 bits per heavy atom. The summed E-state index contributed by atoms with van der Waals surface area (Å²) < 4.78 is 1.79. The summed E-state index contributed by atoms with van der Waals surface area (Å²) in [6.07, 6.45) is 3.71. The molecule has 2 rings (SSSR count). The maximum absolute atomic E-state index is 4.10. The topological polar surface area (TPSA) is 34.0 Å². The zero-order valence-electron chi connectivity index (χ0n) is 10.3. The van der Waals surface area contributed by atoms with Crippen LogP contribution in [0.2, 0.25) is 0 Å². The Morgan fingerprint density at radius 2 is 1.94 bits per heavy atom. The van der Waals surface area contributed by atoms with Crippen LogP contribution in [0.5, 0.6) is 0 Å². The van der Waals surface area contributed by atoms with Crippen molar-refractivity contribution in [1.29, 1.82) is 0 Å². The standard InChI is InChI=1S/C7H10N2.C5H8N2/c1-9(2)7-5-3-4-6-8-7;1-5-3-4-7(2)6-5/h3-6H,1-2H3;3-4H,1-2H3. The van der Waals surface area contributed by atoms with E-state index >= 15 is 0 Å². The molecule has 2 aromatic heterocycles. The molecule has 86 valence electrons. The van der Waals surface area contributed by atoms with Gasteiger partial charge in [0.1, 0.15) is 5.82 Å². The molecule has 0 aliphatic carbocycles. The number of rotatable bonds is 1. The van der Waals surface area contributed by atoms with Crippen LogP contribution in [0, 0.1) is 6.92 Å². The fourth-order valence-corrected chi connectivity index (χ4v) is 1.15. The van der Waals surface area contributed by atoms with Crippen LogP contribution < -0.4 is 4.90 Å². The molecule has 16 heavy (non-hydrogen) atoms. The molecule has 4 nitrogen and oxygen atoms in total.